The average Bonchev–Trinajstić information content (AvgIpc) is 3.18. The van der Waals surface area contributed by atoms with Crippen LogP contribution in [-0.4, -0.2) is 20.3 Å². The number of carbonyl (C=O) groups excluding carboxylic acids is 1. The number of aromatic nitrogens is 3. The second-order valence-electron chi connectivity index (χ2n) is 7.62. The number of anilines is 1. The van der Waals surface area contributed by atoms with Crippen molar-refractivity contribution in [2.75, 3.05) is 5.32 Å². The smallest absolute Gasteiger partial charge is 0.258 e. The van der Waals surface area contributed by atoms with E-state index in [1.807, 2.05) is 32.9 Å². The first-order chi connectivity index (χ1) is 13.8. The Labute approximate surface area is 171 Å². The van der Waals surface area contributed by atoms with Crippen LogP contribution < -0.4 is 5.32 Å². The molecule has 2 heterocycles. The molecule has 0 fully saturated rings. The molecular weight excluding hydrogens is 362 g/mol. The fourth-order valence-corrected chi connectivity index (χ4v) is 3.55. The highest BCUT2D eigenvalue weighted by Crippen LogP contribution is 2.24. The molecule has 2 aromatic heterocycles. The zero-order chi connectivity index (χ0) is 21.1. The lowest BCUT2D eigenvalue weighted by atomic mass is 10.0. The van der Waals surface area contributed by atoms with E-state index in [0.717, 1.165) is 22.8 Å². The maximum absolute atomic E-state index is 13.0. The number of amides is 1. The normalized spacial score (nSPS) is 10.9. The van der Waals surface area contributed by atoms with Crippen LogP contribution in [0.15, 0.2) is 36.4 Å². The van der Waals surface area contributed by atoms with Gasteiger partial charge in [-0.2, -0.15) is 10.4 Å². The first-order valence-electron chi connectivity index (χ1n) is 9.83. The van der Waals surface area contributed by atoms with E-state index in [-0.39, 0.29) is 5.91 Å². The Kier molecular flexibility index (Phi) is 5.88. The molecule has 29 heavy (non-hydrogen) atoms. The maximum Gasteiger partial charge on any atom is 0.258 e. The molecule has 3 aromatic rings. The number of rotatable bonds is 6. The summed E-state index contributed by atoms with van der Waals surface area (Å²) in [6, 6.07) is 14.3. The van der Waals surface area contributed by atoms with E-state index in [0.29, 0.717) is 30.3 Å². The third kappa shape index (κ3) is 4.24. The van der Waals surface area contributed by atoms with Gasteiger partial charge in [-0.25, -0.2) is 4.68 Å². The Bertz CT molecular complexity index is 1060. The summed E-state index contributed by atoms with van der Waals surface area (Å²) in [4.78, 5) is 13.0. The monoisotopic (exact) mass is 389 g/mol. The molecule has 1 aromatic carbocycles. The minimum Gasteiger partial charge on any atom is -0.318 e. The quantitative estimate of drug-likeness (QED) is 0.652. The van der Waals surface area contributed by atoms with E-state index in [4.69, 9.17) is 5.26 Å². The number of hydrogen-bond donors (Lipinski definition) is 1. The number of hydrogen-bond acceptors (Lipinski definition) is 3. The van der Waals surface area contributed by atoms with Crippen molar-refractivity contribution in [1.29, 1.82) is 5.26 Å². The van der Waals surface area contributed by atoms with Gasteiger partial charge in [-0.15, -0.1) is 0 Å². The molecule has 0 aliphatic rings. The minimum absolute atomic E-state index is 0.179. The summed E-state index contributed by atoms with van der Waals surface area (Å²) >= 11 is 0. The Morgan fingerprint density at radius 1 is 1.17 bits per heavy atom. The molecule has 0 aliphatic carbocycles. The molecule has 0 atom stereocenters. The number of benzene rings is 1. The van der Waals surface area contributed by atoms with Crippen LogP contribution in [0.3, 0.4) is 0 Å². The number of nitrogens with one attached hydrogen (secondary N) is 1. The summed E-state index contributed by atoms with van der Waals surface area (Å²) in [7, 11) is 0. The molecule has 0 aliphatic heterocycles. The molecule has 0 saturated heterocycles. The Morgan fingerprint density at radius 3 is 2.48 bits per heavy atom. The Balaban J connectivity index is 1.88. The van der Waals surface area contributed by atoms with Gasteiger partial charge >= 0.3 is 0 Å². The van der Waals surface area contributed by atoms with Crippen molar-refractivity contribution in [3.8, 4) is 11.8 Å². The Morgan fingerprint density at radius 2 is 1.86 bits per heavy atom. The van der Waals surface area contributed by atoms with Crippen LogP contribution in [0.5, 0.6) is 0 Å². The summed E-state index contributed by atoms with van der Waals surface area (Å²) in [5.74, 6) is 0.904. The molecule has 0 unspecified atom stereocenters. The summed E-state index contributed by atoms with van der Waals surface area (Å²) in [5, 5.41) is 16.1. The average molecular weight is 390 g/mol. The fourth-order valence-electron chi connectivity index (χ4n) is 3.55. The molecule has 6 heteroatoms. The molecule has 0 spiro atoms. The van der Waals surface area contributed by atoms with E-state index in [1.165, 1.54) is 5.56 Å². The highest BCUT2D eigenvalue weighted by Gasteiger charge is 2.18. The van der Waals surface area contributed by atoms with E-state index in [9.17, 15) is 4.79 Å². The van der Waals surface area contributed by atoms with Crippen molar-refractivity contribution >= 4 is 11.7 Å². The third-order valence-corrected chi connectivity index (χ3v) is 5.07. The molecule has 0 radical (unpaired) electrons. The predicted octanol–water partition coefficient (Wildman–Crippen LogP) is 4.89. The third-order valence-electron chi connectivity index (χ3n) is 5.07. The van der Waals surface area contributed by atoms with Crippen molar-refractivity contribution in [1.82, 2.24) is 14.3 Å². The van der Waals surface area contributed by atoms with Crippen LogP contribution in [0.4, 0.5) is 5.82 Å². The number of carbonyl (C=O) groups is 1. The van der Waals surface area contributed by atoms with Crippen LogP contribution in [0, 0.1) is 32.1 Å². The molecule has 0 saturated carbocycles. The van der Waals surface area contributed by atoms with Gasteiger partial charge in [-0.05, 0) is 50.5 Å². The lowest BCUT2D eigenvalue weighted by molar-refractivity contribution is 0.102. The lowest BCUT2D eigenvalue weighted by Gasteiger charge is -2.12. The zero-order valence-electron chi connectivity index (χ0n) is 17.7. The largest absolute Gasteiger partial charge is 0.318 e. The molecule has 6 nitrogen and oxygen atoms in total. The van der Waals surface area contributed by atoms with Crippen LogP contribution in [0.2, 0.25) is 0 Å². The van der Waals surface area contributed by atoms with Gasteiger partial charge < -0.3 is 9.88 Å². The summed E-state index contributed by atoms with van der Waals surface area (Å²) in [6.45, 7) is 10.6. The van der Waals surface area contributed by atoms with E-state index in [2.05, 4.69) is 59.2 Å². The second-order valence-corrected chi connectivity index (χ2v) is 7.62. The van der Waals surface area contributed by atoms with Crippen LogP contribution in [0.25, 0.3) is 5.69 Å². The SMILES string of the molecule is Cc1cc(NC(=O)c2cc(C)n(-c3ccc(C(C)C)cc3)c2C)n(CCC#N)n1. The van der Waals surface area contributed by atoms with E-state index >= 15 is 0 Å². The van der Waals surface area contributed by atoms with Crippen molar-refractivity contribution in [3.63, 3.8) is 0 Å². The second kappa shape index (κ2) is 8.36. The fraction of sp³-hybridized carbons (Fsp3) is 0.348. The lowest BCUT2D eigenvalue weighted by Crippen LogP contribution is -2.16. The summed E-state index contributed by atoms with van der Waals surface area (Å²) in [6.07, 6.45) is 0.338. The maximum atomic E-state index is 13.0. The summed E-state index contributed by atoms with van der Waals surface area (Å²) < 4.78 is 3.76. The summed E-state index contributed by atoms with van der Waals surface area (Å²) in [5.41, 5.74) is 5.64. The molecular formula is C23H27N5O. The van der Waals surface area contributed by atoms with Gasteiger partial charge in [-0.3, -0.25) is 4.79 Å². The van der Waals surface area contributed by atoms with Crippen molar-refractivity contribution in [2.45, 2.75) is 53.5 Å². The van der Waals surface area contributed by atoms with E-state index in [1.54, 1.807) is 4.68 Å². The van der Waals surface area contributed by atoms with Crippen LogP contribution >= 0.6 is 0 Å². The Hall–Kier alpha value is -3.33. The van der Waals surface area contributed by atoms with Crippen molar-refractivity contribution < 1.29 is 4.79 Å². The number of nitriles is 1. The molecule has 0 bridgehead atoms. The predicted molar refractivity (Wildman–Crippen MR) is 114 cm³/mol. The van der Waals surface area contributed by atoms with Gasteiger partial charge in [0.05, 0.1) is 30.3 Å². The van der Waals surface area contributed by atoms with Gasteiger partial charge in [0.25, 0.3) is 5.91 Å². The number of nitrogens with zero attached hydrogens (tertiary/aromatic N) is 4. The molecule has 1 amide bonds. The topological polar surface area (TPSA) is 75.6 Å². The van der Waals surface area contributed by atoms with Gasteiger partial charge in [0.2, 0.25) is 0 Å². The van der Waals surface area contributed by atoms with Gasteiger partial charge in [-0.1, -0.05) is 26.0 Å². The highest BCUT2D eigenvalue weighted by atomic mass is 16.1. The van der Waals surface area contributed by atoms with E-state index < -0.39 is 0 Å². The van der Waals surface area contributed by atoms with Crippen LogP contribution in [-0.2, 0) is 6.54 Å². The highest BCUT2D eigenvalue weighted by molar-refractivity contribution is 6.05. The first-order valence-corrected chi connectivity index (χ1v) is 9.83. The molecule has 1 N–H and O–H groups in total. The number of aryl methyl sites for hydroxylation is 3. The van der Waals surface area contributed by atoms with Gasteiger partial charge in [0.15, 0.2) is 0 Å². The standard InChI is InChI=1S/C23H27N5O/c1-15(2)19-7-9-20(10-8-19)28-17(4)14-21(18(28)5)23(29)25-22-13-16(3)26-27(22)12-6-11-24/h7-10,13-15H,6,12H2,1-5H3,(H,25,29). The van der Waals surface area contributed by atoms with Crippen molar-refractivity contribution in [2.24, 2.45) is 0 Å². The minimum atomic E-state index is -0.179. The van der Waals surface area contributed by atoms with Gasteiger partial charge in [0.1, 0.15) is 5.82 Å². The van der Waals surface area contributed by atoms with Crippen LogP contribution in [0.1, 0.15) is 59.2 Å². The van der Waals surface area contributed by atoms with Crippen molar-refractivity contribution in [3.05, 3.63) is 64.6 Å². The zero-order valence-corrected chi connectivity index (χ0v) is 17.7. The molecule has 150 valence electrons. The first kappa shape index (κ1) is 20.4. The molecule has 3 rings (SSSR count). The van der Waals surface area contributed by atoms with Gasteiger partial charge in [0, 0.05) is 23.1 Å².